The molecule has 128 valence electrons. The highest BCUT2D eigenvalue weighted by Gasteiger charge is 2.09. The first-order chi connectivity index (χ1) is 10.7. The molecule has 3 rings (SSSR count). The molecule has 0 spiro atoms. The van der Waals surface area contributed by atoms with Gasteiger partial charge >= 0.3 is 0 Å². The van der Waals surface area contributed by atoms with E-state index in [2.05, 4.69) is 10.3 Å². The van der Waals surface area contributed by atoms with E-state index in [1.54, 1.807) is 12.4 Å². The van der Waals surface area contributed by atoms with Gasteiger partial charge in [0, 0.05) is 29.5 Å². The molecule has 0 saturated carbocycles. The van der Waals surface area contributed by atoms with E-state index in [-0.39, 0.29) is 24.8 Å². The third kappa shape index (κ3) is 4.99. The average molecular weight is 386 g/mol. The summed E-state index contributed by atoms with van der Waals surface area (Å²) < 4.78 is 5.91. The number of benzene rings is 1. The Labute approximate surface area is 159 Å². The predicted octanol–water partition coefficient (Wildman–Crippen LogP) is 5.44. The Morgan fingerprint density at radius 1 is 1.00 bits per heavy atom. The van der Waals surface area contributed by atoms with Gasteiger partial charge in [-0.1, -0.05) is 23.7 Å². The Kier molecular flexibility index (Phi) is 8.29. The number of furan rings is 1. The minimum Gasteiger partial charge on any atom is -0.460 e. The Bertz CT molecular complexity index is 760. The van der Waals surface area contributed by atoms with Crippen LogP contribution in [0.4, 0.5) is 0 Å². The quantitative estimate of drug-likeness (QED) is 0.636. The van der Waals surface area contributed by atoms with E-state index in [1.807, 2.05) is 49.4 Å². The molecule has 0 amide bonds. The van der Waals surface area contributed by atoms with Crippen molar-refractivity contribution >= 4 is 36.4 Å². The first-order valence-corrected chi connectivity index (χ1v) is 7.55. The number of nitrogens with one attached hydrogen (secondary N) is 1. The fourth-order valence-electron chi connectivity index (χ4n) is 2.32. The Morgan fingerprint density at radius 3 is 2.50 bits per heavy atom. The van der Waals surface area contributed by atoms with Crippen LogP contribution in [0.1, 0.15) is 16.9 Å². The van der Waals surface area contributed by atoms with E-state index >= 15 is 0 Å². The molecule has 0 fully saturated rings. The molecule has 6 heteroatoms. The van der Waals surface area contributed by atoms with Gasteiger partial charge in [0.05, 0.1) is 6.54 Å². The molecule has 0 aliphatic heterocycles. The molecule has 2 aromatic heterocycles. The van der Waals surface area contributed by atoms with Crippen LogP contribution in [0.25, 0.3) is 11.3 Å². The molecule has 0 aliphatic carbocycles. The van der Waals surface area contributed by atoms with E-state index in [9.17, 15) is 0 Å². The number of halogens is 3. The van der Waals surface area contributed by atoms with E-state index in [4.69, 9.17) is 16.0 Å². The molecule has 0 atom stereocenters. The maximum Gasteiger partial charge on any atom is 0.134 e. The zero-order valence-electron chi connectivity index (χ0n) is 13.2. The Morgan fingerprint density at radius 2 is 1.75 bits per heavy atom. The standard InChI is InChI=1S/C18H17ClN2O.2ClH/c1-13-16(3-2-4-17(13)19)18-6-5-15(22-18)12-21-11-14-7-9-20-10-8-14;;/h2-10,21H,11-12H2,1H3;2*1H. The van der Waals surface area contributed by atoms with Crippen molar-refractivity contribution in [1.29, 1.82) is 0 Å². The maximum atomic E-state index is 6.16. The molecular weight excluding hydrogens is 367 g/mol. The van der Waals surface area contributed by atoms with Crippen LogP contribution in [0.3, 0.4) is 0 Å². The van der Waals surface area contributed by atoms with Crippen molar-refractivity contribution in [3.05, 3.63) is 76.8 Å². The summed E-state index contributed by atoms with van der Waals surface area (Å²) in [4.78, 5) is 4.01. The summed E-state index contributed by atoms with van der Waals surface area (Å²) in [5.74, 6) is 1.75. The summed E-state index contributed by atoms with van der Waals surface area (Å²) in [6.45, 7) is 3.47. The molecular formula is C18H19Cl3N2O. The van der Waals surface area contributed by atoms with Crippen molar-refractivity contribution < 1.29 is 4.42 Å². The molecule has 1 N–H and O–H groups in total. The second kappa shape index (κ2) is 9.70. The summed E-state index contributed by atoms with van der Waals surface area (Å²) >= 11 is 6.16. The van der Waals surface area contributed by atoms with Gasteiger partial charge in [-0.15, -0.1) is 24.8 Å². The molecule has 0 unspecified atom stereocenters. The van der Waals surface area contributed by atoms with Crippen LogP contribution < -0.4 is 5.32 Å². The topological polar surface area (TPSA) is 38.1 Å². The highest BCUT2D eigenvalue weighted by molar-refractivity contribution is 6.31. The second-order valence-electron chi connectivity index (χ2n) is 5.14. The van der Waals surface area contributed by atoms with Crippen molar-refractivity contribution in [2.24, 2.45) is 0 Å². The van der Waals surface area contributed by atoms with Crippen LogP contribution in [0.2, 0.25) is 5.02 Å². The van der Waals surface area contributed by atoms with Crippen LogP contribution in [0.15, 0.2) is 59.3 Å². The van der Waals surface area contributed by atoms with E-state index in [0.717, 1.165) is 34.2 Å². The molecule has 2 heterocycles. The fraction of sp³-hybridized carbons (Fsp3) is 0.167. The van der Waals surface area contributed by atoms with Crippen molar-refractivity contribution in [1.82, 2.24) is 10.3 Å². The zero-order valence-corrected chi connectivity index (χ0v) is 15.5. The highest BCUT2D eigenvalue weighted by Crippen LogP contribution is 2.29. The lowest BCUT2D eigenvalue weighted by Crippen LogP contribution is -2.11. The van der Waals surface area contributed by atoms with Gasteiger partial charge in [0.1, 0.15) is 11.5 Å². The van der Waals surface area contributed by atoms with Gasteiger partial charge in [0.15, 0.2) is 0 Å². The Balaban J connectivity index is 0.00000144. The maximum absolute atomic E-state index is 6.16. The minimum atomic E-state index is 0. The number of nitrogens with zero attached hydrogens (tertiary/aromatic N) is 1. The first-order valence-electron chi connectivity index (χ1n) is 7.18. The van der Waals surface area contributed by atoms with Crippen LogP contribution in [0, 0.1) is 6.92 Å². The molecule has 3 aromatic rings. The van der Waals surface area contributed by atoms with Gasteiger partial charge < -0.3 is 9.73 Å². The number of hydrogen-bond donors (Lipinski definition) is 1. The summed E-state index contributed by atoms with van der Waals surface area (Å²) in [6, 6.07) is 13.8. The molecule has 3 nitrogen and oxygen atoms in total. The normalized spacial score (nSPS) is 9.92. The number of pyridine rings is 1. The van der Waals surface area contributed by atoms with Crippen molar-refractivity contribution in [3.63, 3.8) is 0 Å². The van der Waals surface area contributed by atoms with Crippen molar-refractivity contribution in [2.45, 2.75) is 20.0 Å². The van der Waals surface area contributed by atoms with E-state index < -0.39 is 0 Å². The summed E-state index contributed by atoms with van der Waals surface area (Å²) in [5.41, 5.74) is 3.27. The van der Waals surface area contributed by atoms with Crippen LogP contribution in [0.5, 0.6) is 0 Å². The molecule has 0 radical (unpaired) electrons. The fourth-order valence-corrected chi connectivity index (χ4v) is 2.50. The summed E-state index contributed by atoms with van der Waals surface area (Å²) in [6.07, 6.45) is 3.59. The number of rotatable bonds is 5. The van der Waals surface area contributed by atoms with Crippen molar-refractivity contribution in [3.8, 4) is 11.3 Å². The van der Waals surface area contributed by atoms with E-state index in [0.29, 0.717) is 6.54 Å². The predicted molar refractivity (Wildman–Crippen MR) is 103 cm³/mol. The van der Waals surface area contributed by atoms with Gasteiger partial charge in [0.25, 0.3) is 0 Å². The third-order valence-corrected chi connectivity index (χ3v) is 3.98. The van der Waals surface area contributed by atoms with Crippen LogP contribution in [-0.2, 0) is 13.1 Å². The van der Waals surface area contributed by atoms with E-state index in [1.165, 1.54) is 5.56 Å². The largest absolute Gasteiger partial charge is 0.460 e. The lowest BCUT2D eigenvalue weighted by atomic mass is 10.1. The van der Waals surface area contributed by atoms with Crippen LogP contribution >= 0.6 is 36.4 Å². The molecule has 24 heavy (non-hydrogen) atoms. The average Bonchev–Trinajstić information content (AvgIpc) is 3.00. The Hall–Kier alpha value is -1.52. The monoisotopic (exact) mass is 384 g/mol. The molecule has 0 bridgehead atoms. The minimum absolute atomic E-state index is 0. The zero-order chi connectivity index (χ0) is 15.4. The van der Waals surface area contributed by atoms with Gasteiger partial charge in [-0.25, -0.2) is 0 Å². The van der Waals surface area contributed by atoms with Crippen molar-refractivity contribution in [2.75, 3.05) is 0 Å². The third-order valence-electron chi connectivity index (χ3n) is 3.57. The SMILES string of the molecule is Cc1c(Cl)cccc1-c1ccc(CNCc2ccncc2)o1.Cl.Cl. The second-order valence-corrected chi connectivity index (χ2v) is 5.54. The summed E-state index contributed by atoms with van der Waals surface area (Å²) in [7, 11) is 0. The van der Waals surface area contributed by atoms with Gasteiger partial charge in [-0.3, -0.25) is 4.98 Å². The molecule has 0 aliphatic rings. The van der Waals surface area contributed by atoms with Gasteiger partial charge in [-0.2, -0.15) is 0 Å². The number of hydrogen-bond acceptors (Lipinski definition) is 3. The lowest BCUT2D eigenvalue weighted by Gasteiger charge is -2.05. The smallest absolute Gasteiger partial charge is 0.134 e. The first kappa shape index (κ1) is 20.5. The highest BCUT2D eigenvalue weighted by atomic mass is 35.5. The lowest BCUT2D eigenvalue weighted by molar-refractivity contribution is 0.493. The molecule has 1 aromatic carbocycles. The van der Waals surface area contributed by atoms with Gasteiger partial charge in [-0.05, 0) is 48.4 Å². The number of aromatic nitrogens is 1. The molecule has 0 saturated heterocycles. The van der Waals surface area contributed by atoms with Gasteiger partial charge in [0.2, 0.25) is 0 Å². The van der Waals surface area contributed by atoms with Crippen LogP contribution in [-0.4, -0.2) is 4.98 Å². The summed E-state index contributed by atoms with van der Waals surface area (Å²) in [5, 5.41) is 4.12.